The van der Waals surface area contributed by atoms with Gasteiger partial charge in [-0.05, 0) is 43.0 Å². The van der Waals surface area contributed by atoms with E-state index < -0.39 is 18.0 Å². The summed E-state index contributed by atoms with van der Waals surface area (Å²) in [4.78, 5) is 52.4. The third-order valence-electron chi connectivity index (χ3n) is 7.00. The van der Waals surface area contributed by atoms with E-state index in [0.29, 0.717) is 37.9 Å². The summed E-state index contributed by atoms with van der Waals surface area (Å²) in [5, 5.41) is 0. The van der Waals surface area contributed by atoms with E-state index in [0.717, 1.165) is 5.56 Å². The van der Waals surface area contributed by atoms with E-state index in [2.05, 4.69) is 0 Å². The first-order valence-corrected chi connectivity index (χ1v) is 12.1. The molecule has 8 nitrogen and oxygen atoms in total. The van der Waals surface area contributed by atoms with Crippen molar-refractivity contribution in [2.75, 3.05) is 20.3 Å². The zero-order chi connectivity index (χ0) is 25.2. The Morgan fingerprint density at radius 2 is 1.81 bits per heavy atom. The molecule has 1 fully saturated rings. The highest BCUT2D eigenvalue weighted by Gasteiger charge is 2.42. The molecule has 2 aliphatic heterocycles. The normalized spacial score (nSPS) is 23.0. The number of carbonyl (C=O) groups is 4. The topological polar surface area (TPSA) is 99.2 Å². The Hall–Kier alpha value is -3.78. The van der Waals surface area contributed by atoms with Gasteiger partial charge in [0, 0.05) is 26.7 Å². The number of hydrogen-bond donors (Lipinski definition) is 0. The number of imide groups is 1. The summed E-state index contributed by atoms with van der Waals surface area (Å²) < 4.78 is 16.6. The van der Waals surface area contributed by atoms with Gasteiger partial charge in [-0.3, -0.25) is 19.3 Å². The first-order valence-electron chi connectivity index (χ1n) is 12.1. The zero-order valence-electron chi connectivity index (χ0n) is 20.0. The molecule has 0 bridgehead atoms. The molecule has 8 heteroatoms. The number of carbonyl (C=O) groups excluding carboxylic acids is 4. The van der Waals surface area contributed by atoms with E-state index in [-0.39, 0.29) is 46.9 Å². The quantitative estimate of drug-likeness (QED) is 0.333. The lowest BCUT2D eigenvalue weighted by atomic mass is 9.78. The van der Waals surface area contributed by atoms with E-state index in [1.54, 1.807) is 7.11 Å². The summed E-state index contributed by atoms with van der Waals surface area (Å²) in [5.41, 5.74) is 2.10. The molecule has 186 valence electrons. The van der Waals surface area contributed by atoms with Crippen LogP contribution >= 0.6 is 0 Å². The Kier molecular flexibility index (Phi) is 6.69. The molecule has 0 aromatic heterocycles. The van der Waals surface area contributed by atoms with Crippen molar-refractivity contribution in [2.45, 2.75) is 37.9 Å². The zero-order valence-corrected chi connectivity index (χ0v) is 20.0. The van der Waals surface area contributed by atoms with E-state index in [1.165, 1.54) is 29.4 Å². The lowest BCUT2D eigenvalue weighted by molar-refractivity contribution is -0.126. The highest BCUT2D eigenvalue weighted by Crippen LogP contribution is 2.37. The monoisotopic (exact) mass is 489 g/mol. The summed E-state index contributed by atoms with van der Waals surface area (Å²) in [6.07, 6.45) is 2.80. The molecule has 1 saturated carbocycles. The largest absolute Gasteiger partial charge is 0.496 e. The van der Waals surface area contributed by atoms with Gasteiger partial charge in [0.1, 0.15) is 12.2 Å². The molecule has 2 heterocycles. The van der Waals surface area contributed by atoms with Crippen molar-refractivity contribution in [1.82, 2.24) is 4.90 Å². The number of hydrogen-bond acceptors (Lipinski definition) is 7. The van der Waals surface area contributed by atoms with Crippen LogP contribution in [0.3, 0.4) is 0 Å². The molecule has 3 atom stereocenters. The Morgan fingerprint density at radius 1 is 1.03 bits per heavy atom. The maximum Gasteiger partial charge on any atom is 0.338 e. The number of nitrogens with zero attached hydrogens (tertiary/aromatic N) is 1. The van der Waals surface area contributed by atoms with Crippen LogP contribution in [-0.2, 0) is 19.0 Å². The number of methoxy groups -OCH3 is 1. The van der Waals surface area contributed by atoms with Gasteiger partial charge in [-0.2, -0.15) is 0 Å². The molecule has 0 saturated heterocycles. The fourth-order valence-electron chi connectivity index (χ4n) is 5.10. The summed E-state index contributed by atoms with van der Waals surface area (Å²) in [7, 11) is 1.56. The number of ether oxygens (including phenoxy) is 3. The van der Waals surface area contributed by atoms with E-state index in [4.69, 9.17) is 14.2 Å². The van der Waals surface area contributed by atoms with Gasteiger partial charge in [-0.15, -0.1) is 0 Å². The minimum Gasteiger partial charge on any atom is -0.496 e. The van der Waals surface area contributed by atoms with E-state index in [1.807, 2.05) is 30.3 Å². The van der Waals surface area contributed by atoms with Crippen molar-refractivity contribution in [3.8, 4) is 0 Å². The minimum absolute atomic E-state index is 0.0547. The Labute approximate surface area is 208 Å². The van der Waals surface area contributed by atoms with Crippen LogP contribution in [0.2, 0.25) is 0 Å². The van der Waals surface area contributed by atoms with Crippen LogP contribution in [0.1, 0.15) is 62.3 Å². The third-order valence-corrected chi connectivity index (χ3v) is 7.00. The molecule has 0 N–H and O–H groups in total. The average molecular weight is 490 g/mol. The Balaban J connectivity index is 1.23. The molecule has 5 rings (SSSR count). The SMILES string of the molecule is COCCCN1C(=O)c2ccc(C(=O)OC3CCC4C(=O)C(c5ccccc5)=COC4C3)cc2C1=O. The maximum absolute atomic E-state index is 13.1. The van der Waals surface area contributed by atoms with Crippen LogP contribution in [0.4, 0.5) is 0 Å². The van der Waals surface area contributed by atoms with Crippen LogP contribution in [0.25, 0.3) is 5.57 Å². The molecular weight excluding hydrogens is 462 g/mol. The van der Waals surface area contributed by atoms with E-state index in [9.17, 15) is 19.2 Å². The lowest BCUT2D eigenvalue weighted by Crippen LogP contribution is -2.42. The number of amides is 2. The smallest absolute Gasteiger partial charge is 0.338 e. The van der Waals surface area contributed by atoms with Gasteiger partial charge in [-0.1, -0.05) is 30.3 Å². The number of ketones is 1. The van der Waals surface area contributed by atoms with Crippen molar-refractivity contribution in [1.29, 1.82) is 0 Å². The van der Waals surface area contributed by atoms with Gasteiger partial charge in [0.25, 0.3) is 11.8 Å². The predicted octanol–water partition coefficient (Wildman–Crippen LogP) is 3.65. The fraction of sp³-hybridized carbons (Fsp3) is 0.357. The van der Waals surface area contributed by atoms with Crippen molar-refractivity contribution >= 4 is 29.1 Å². The number of benzene rings is 2. The van der Waals surface area contributed by atoms with Crippen LogP contribution in [-0.4, -0.2) is 60.9 Å². The molecule has 3 aliphatic rings. The van der Waals surface area contributed by atoms with Crippen molar-refractivity contribution in [3.63, 3.8) is 0 Å². The average Bonchev–Trinajstić information content (AvgIpc) is 3.14. The minimum atomic E-state index is -0.568. The van der Waals surface area contributed by atoms with Gasteiger partial charge in [-0.25, -0.2) is 4.79 Å². The first-order chi connectivity index (χ1) is 17.5. The van der Waals surface area contributed by atoms with Crippen LogP contribution in [0.15, 0.2) is 54.8 Å². The fourth-order valence-corrected chi connectivity index (χ4v) is 5.10. The molecule has 0 spiro atoms. The van der Waals surface area contributed by atoms with Gasteiger partial charge < -0.3 is 14.2 Å². The molecule has 2 aromatic rings. The number of esters is 1. The number of allylic oxidation sites excluding steroid dienone is 1. The van der Waals surface area contributed by atoms with Crippen LogP contribution < -0.4 is 0 Å². The Bertz CT molecular complexity index is 1240. The first kappa shape index (κ1) is 23.9. The highest BCUT2D eigenvalue weighted by molar-refractivity contribution is 6.22. The molecule has 3 unspecified atom stereocenters. The van der Waals surface area contributed by atoms with Crippen molar-refractivity contribution in [3.05, 3.63) is 77.0 Å². The lowest BCUT2D eigenvalue weighted by Gasteiger charge is -2.37. The van der Waals surface area contributed by atoms with Gasteiger partial charge >= 0.3 is 5.97 Å². The third kappa shape index (κ3) is 4.44. The maximum atomic E-state index is 13.1. The van der Waals surface area contributed by atoms with Crippen LogP contribution in [0, 0.1) is 5.92 Å². The standard InChI is InChI=1S/C28H27NO7/c1-34-13-5-12-29-26(31)20-10-8-18(14-22(20)27(29)32)28(33)36-19-9-11-21-24(15-19)35-16-23(25(21)30)17-6-3-2-4-7-17/h2-4,6-8,10,14,16,19,21,24H,5,9,11-13,15H2,1H3. The molecular formula is C28H27NO7. The van der Waals surface area contributed by atoms with Gasteiger partial charge in [0.2, 0.25) is 0 Å². The predicted molar refractivity (Wildman–Crippen MR) is 129 cm³/mol. The van der Waals surface area contributed by atoms with Crippen molar-refractivity contribution in [2.24, 2.45) is 5.92 Å². The number of rotatable bonds is 7. The van der Waals surface area contributed by atoms with Gasteiger partial charge in [0.15, 0.2) is 5.78 Å². The summed E-state index contributed by atoms with van der Waals surface area (Å²) in [6.45, 7) is 0.691. The Morgan fingerprint density at radius 3 is 2.58 bits per heavy atom. The van der Waals surface area contributed by atoms with E-state index >= 15 is 0 Å². The second-order valence-corrected chi connectivity index (χ2v) is 9.25. The summed E-state index contributed by atoms with van der Waals surface area (Å²) >= 11 is 0. The molecule has 2 amide bonds. The second-order valence-electron chi connectivity index (χ2n) is 9.25. The van der Waals surface area contributed by atoms with Gasteiger partial charge in [0.05, 0.1) is 34.4 Å². The van der Waals surface area contributed by atoms with Crippen molar-refractivity contribution < 1.29 is 33.4 Å². The highest BCUT2D eigenvalue weighted by atomic mass is 16.5. The summed E-state index contributed by atoms with van der Waals surface area (Å²) in [5.74, 6) is -1.57. The number of fused-ring (bicyclic) bond motifs is 2. The molecule has 36 heavy (non-hydrogen) atoms. The number of Topliss-reactive ketones (excluding diaryl/α,β-unsaturated/α-hetero) is 1. The summed E-state index contributed by atoms with van der Waals surface area (Å²) in [6, 6.07) is 13.9. The molecule has 1 aliphatic carbocycles. The second kappa shape index (κ2) is 10.1. The molecule has 2 aromatic carbocycles. The molecule has 0 radical (unpaired) electrons. The van der Waals surface area contributed by atoms with Crippen LogP contribution in [0.5, 0.6) is 0 Å².